The zero-order valence-electron chi connectivity index (χ0n) is 14.3. The maximum Gasteiger partial charge on any atom is 0.262 e. The Labute approximate surface area is 165 Å². The first-order valence-electron chi connectivity index (χ1n) is 8.03. The number of hydrogen-bond acceptors (Lipinski definition) is 4. The topological polar surface area (TPSA) is 70.6 Å². The lowest BCUT2D eigenvalue weighted by Crippen LogP contribution is -2.45. The molecule has 0 heterocycles. The van der Waals surface area contributed by atoms with Crippen LogP contribution in [-0.2, 0) is 4.79 Å². The fourth-order valence-electron chi connectivity index (χ4n) is 2.13. The number of nitrogens with zero attached hydrogens (tertiary/aromatic N) is 1. The molecule has 2 aromatic rings. The number of carbonyl (C=O) groups is 2. The van der Waals surface area contributed by atoms with Gasteiger partial charge in [-0.1, -0.05) is 46.3 Å². The van der Waals surface area contributed by atoms with Crippen molar-refractivity contribution in [1.29, 1.82) is 0 Å². The van der Waals surface area contributed by atoms with Gasteiger partial charge in [-0.2, -0.15) is 16.9 Å². The van der Waals surface area contributed by atoms with Gasteiger partial charge in [0.05, 0.1) is 6.21 Å². The minimum atomic E-state index is -0.641. The molecular formula is C19H20BrN3O2S. The van der Waals surface area contributed by atoms with Gasteiger partial charge in [-0.15, -0.1) is 0 Å². The first kappa shape index (κ1) is 20.2. The molecular weight excluding hydrogens is 414 g/mol. The Bertz CT molecular complexity index is 751. The highest BCUT2D eigenvalue weighted by Crippen LogP contribution is 2.09. The molecule has 0 aliphatic carbocycles. The lowest BCUT2D eigenvalue weighted by atomic mass is 10.1. The highest BCUT2D eigenvalue weighted by Gasteiger charge is 2.20. The molecule has 2 amide bonds. The van der Waals surface area contributed by atoms with Gasteiger partial charge in [0, 0.05) is 10.0 Å². The predicted octanol–water partition coefficient (Wildman–Crippen LogP) is 3.45. The molecule has 1 atom stereocenters. The van der Waals surface area contributed by atoms with Crippen molar-refractivity contribution in [3.8, 4) is 0 Å². The van der Waals surface area contributed by atoms with Crippen molar-refractivity contribution in [3.05, 3.63) is 70.2 Å². The third-order valence-corrected chi connectivity index (χ3v) is 4.70. The van der Waals surface area contributed by atoms with Crippen LogP contribution >= 0.6 is 27.7 Å². The molecule has 2 N–H and O–H groups in total. The van der Waals surface area contributed by atoms with E-state index in [9.17, 15) is 9.59 Å². The van der Waals surface area contributed by atoms with Crippen LogP contribution in [0.4, 0.5) is 0 Å². The van der Waals surface area contributed by atoms with E-state index in [0.29, 0.717) is 12.0 Å². The molecule has 2 aromatic carbocycles. The fourth-order valence-corrected chi connectivity index (χ4v) is 2.87. The van der Waals surface area contributed by atoms with Gasteiger partial charge in [-0.25, -0.2) is 5.43 Å². The number of nitrogens with one attached hydrogen (secondary N) is 2. The van der Waals surface area contributed by atoms with Gasteiger partial charge in [-0.05, 0) is 48.3 Å². The Morgan fingerprint density at radius 1 is 1.15 bits per heavy atom. The zero-order valence-corrected chi connectivity index (χ0v) is 16.7. The normalized spacial score (nSPS) is 11.9. The van der Waals surface area contributed by atoms with Crippen LogP contribution in [0.1, 0.15) is 22.3 Å². The fraction of sp³-hybridized carbons (Fsp3) is 0.211. The molecule has 26 heavy (non-hydrogen) atoms. The number of amides is 2. The number of halogens is 1. The van der Waals surface area contributed by atoms with Crippen molar-refractivity contribution < 1.29 is 9.59 Å². The number of benzene rings is 2. The third kappa shape index (κ3) is 6.65. The van der Waals surface area contributed by atoms with E-state index in [1.165, 1.54) is 0 Å². The van der Waals surface area contributed by atoms with Crippen molar-refractivity contribution in [1.82, 2.24) is 10.7 Å². The highest BCUT2D eigenvalue weighted by atomic mass is 79.9. The number of rotatable bonds is 8. The molecule has 7 heteroatoms. The maximum atomic E-state index is 12.4. The minimum Gasteiger partial charge on any atom is -0.340 e. The summed E-state index contributed by atoms with van der Waals surface area (Å²) < 4.78 is 0.972. The Morgan fingerprint density at radius 2 is 1.85 bits per heavy atom. The molecule has 0 saturated carbocycles. The van der Waals surface area contributed by atoms with Crippen LogP contribution in [0.5, 0.6) is 0 Å². The smallest absolute Gasteiger partial charge is 0.262 e. The van der Waals surface area contributed by atoms with E-state index in [2.05, 4.69) is 31.8 Å². The van der Waals surface area contributed by atoms with Crippen molar-refractivity contribution >= 4 is 45.7 Å². The maximum absolute atomic E-state index is 12.4. The number of hydrogen-bond donors (Lipinski definition) is 2. The zero-order chi connectivity index (χ0) is 18.8. The summed E-state index contributed by atoms with van der Waals surface area (Å²) in [5.74, 6) is 0.143. The van der Waals surface area contributed by atoms with E-state index in [-0.39, 0.29) is 11.8 Å². The molecule has 0 fully saturated rings. The van der Waals surface area contributed by atoms with Crippen molar-refractivity contribution in [2.45, 2.75) is 12.5 Å². The summed E-state index contributed by atoms with van der Waals surface area (Å²) in [7, 11) is 0. The second-order valence-electron chi connectivity index (χ2n) is 5.46. The van der Waals surface area contributed by atoms with Gasteiger partial charge in [0.15, 0.2) is 0 Å². The van der Waals surface area contributed by atoms with Crippen molar-refractivity contribution in [2.24, 2.45) is 5.10 Å². The quantitative estimate of drug-likeness (QED) is 0.494. The van der Waals surface area contributed by atoms with E-state index < -0.39 is 6.04 Å². The van der Waals surface area contributed by atoms with Crippen LogP contribution in [0, 0.1) is 0 Å². The Balaban J connectivity index is 1.97. The summed E-state index contributed by atoms with van der Waals surface area (Å²) in [5, 5.41) is 6.76. The molecule has 0 saturated heterocycles. The van der Waals surface area contributed by atoms with E-state index in [1.54, 1.807) is 42.2 Å². The third-order valence-electron chi connectivity index (χ3n) is 3.53. The molecule has 0 unspecified atom stereocenters. The lowest BCUT2D eigenvalue weighted by Gasteiger charge is -2.16. The van der Waals surface area contributed by atoms with E-state index in [1.807, 2.05) is 36.6 Å². The molecule has 0 bridgehead atoms. The molecule has 0 aliphatic rings. The van der Waals surface area contributed by atoms with Gasteiger partial charge in [0.1, 0.15) is 6.04 Å². The Kier molecular flexibility index (Phi) is 8.37. The minimum absolute atomic E-state index is 0.274. The first-order chi connectivity index (χ1) is 12.6. The molecule has 0 radical (unpaired) electrons. The second-order valence-corrected chi connectivity index (χ2v) is 7.36. The Morgan fingerprint density at radius 3 is 2.50 bits per heavy atom. The molecule has 2 rings (SSSR count). The first-order valence-corrected chi connectivity index (χ1v) is 10.2. The van der Waals surface area contributed by atoms with Gasteiger partial charge in [0.2, 0.25) is 0 Å². The van der Waals surface area contributed by atoms with E-state index in [0.717, 1.165) is 15.8 Å². The average molecular weight is 434 g/mol. The van der Waals surface area contributed by atoms with E-state index >= 15 is 0 Å². The highest BCUT2D eigenvalue weighted by molar-refractivity contribution is 9.10. The largest absolute Gasteiger partial charge is 0.340 e. The van der Waals surface area contributed by atoms with Crippen molar-refractivity contribution in [2.75, 3.05) is 12.0 Å². The van der Waals surface area contributed by atoms with Crippen LogP contribution in [-0.4, -0.2) is 36.1 Å². The lowest BCUT2D eigenvalue weighted by molar-refractivity contribution is -0.123. The molecule has 5 nitrogen and oxygen atoms in total. The SMILES string of the molecule is CSCC[C@@H](NC(=O)c1ccccc1)C(=O)N/N=C\c1ccc(Br)cc1. The predicted molar refractivity (Wildman–Crippen MR) is 111 cm³/mol. The average Bonchev–Trinajstić information content (AvgIpc) is 2.67. The van der Waals surface area contributed by atoms with Crippen LogP contribution < -0.4 is 10.7 Å². The molecule has 0 aromatic heterocycles. The van der Waals surface area contributed by atoms with Crippen LogP contribution in [0.2, 0.25) is 0 Å². The van der Waals surface area contributed by atoms with Gasteiger partial charge in [0.25, 0.3) is 11.8 Å². The summed E-state index contributed by atoms with van der Waals surface area (Å²) in [6.07, 6.45) is 4.05. The number of carbonyl (C=O) groups excluding carboxylic acids is 2. The summed E-state index contributed by atoms with van der Waals surface area (Å²) >= 11 is 4.98. The van der Waals surface area contributed by atoms with Crippen molar-refractivity contribution in [3.63, 3.8) is 0 Å². The summed E-state index contributed by atoms with van der Waals surface area (Å²) in [6.45, 7) is 0. The van der Waals surface area contributed by atoms with Crippen LogP contribution in [0.15, 0.2) is 64.2 Å². The Hall–Kier alpha value is -2.12. The molecule has 136 valence electrons. The number of hydrazone groups is 1. The van der Waals surface area contributed by atoms with Crippen LogP contribution in [0.3, 0.4) is 0 Å². The summed E-state index contributed by atoms with van der Waals surface area (Å²) in [6, 6.07) is 15.7. The summed E-state index contributed by atoms with van der Waals surface area (Å²) in [5.41, 5.74) is 3.89. The van der Waals surface area contributed by atoms with E-state index in [4.69, 9.17) is 0 Å². The van der Waals surface area contributed by atoms with Crippen LogP contribution in [0.25, 0.3) is 0 Å². The standard InChI is InChI=1S/C19H20BrN3O2S/c1-26-12-11-17(22-18(24)15-5-3-2-4-6-15)19(25)23-21-13-14-7-9-16(20)10-8-14/h2-10,13,17H,11-12H2,1H3,(H,22,24)(H,23,25)/b21-13-/t17-/m1/s1. The molecule has 0 spiro atoms. The van der Waals surface area contributed by atoms with Gasteiger partial charge >= 0.3 is 0 Å². The molecule has 0 aliphatic heterocycles. The number of thioether (sulfide) groups is 1. The summed E-state index contributed by atoms with van der Waals surface area (Å²) in [4.78, 5) is 24.7. The monoisotopic (exact) mass is 433 g/mol. The second kappa shape index (κ2) is 10.8. The van der Waals surface area contributed by atoms with Gasteiger partial charge < -0.3 is 5.32 Å². The van der Waals surface area contributed by atoms with Gasteiger partial charge in [-0.3, -0.25) is 9.59 Å².